The van der Waals surface area contributed by atoms with E-state index in [1.807, 2.05) is 26.0 Å². The summed E-state index contributed by atoms with van der Waals surface area (Å²) < 4.78 is 36.7. The van der Waals surface area contributed by atoms with Gasteiger partial charge >= 0.3 is 0 Å². The molecule has 2 aromatic carbocycles. The number of carbonyl (C=O) groups excluding carboxylic acids is 1. The number of hydrogen-bond acceptors (Lipinski definition) is 7. The van der Waals surface area contributed by atoms with Gasteiger partial charge in [-0.15, -0.1) is 11.8 Å². The molecule has 0 aliphatic heterocycles. The Hall–Kier alpha value is -2.98. The van der Waals surface area contributed by atoms with E-state index >= 15 is 0 Å². The highest BCUT2D eigenvalue weighted by Crippen LogP contribution is 2.31. The summed E-state index contributed by atoms with van der Waals surface area (Å²) in [6.45, 7) is 5.30. The van der Waals surface area contributed by atoms with Gasteiger partial charge < -0.3 is 14.6 Å². The zero-order chi connectivity index (χ0) is 23.3. The van der Waals surface area contributed by atoms with Crippen LogP contribution in [-0.4, -0.2) is 32.3 Å². The molecule has 3 aromatic rings. The average Bonchev–Trinajstić information content (AvgIpc) is 3.10. The number of hydrogen-bond donors (Lipinski definition) is 2. The number of benzene rings is 2. The van der Waals surface area contributed by atoms with Crippen molar-refractivity contribution in [2.45, 2.75) is 31.4 Å². The number of anilines is 2. The molecule has 0 aliphatic rings. The van der Waals surface area contributed by atoms with Gasteiger partial charge in [-0.3, -0.25) is 9.52 Å². The molecule has 0 radical (unpaired) electrons. The van der Waals surface area contributed by atoms with E-state index in [2.05, 4.69) is 15.2 Å². The number of carbonyl (C=O) groups is 1. The summed E-state index contributed by atoms with van der Waals surface area (Å²) in [6, 6.07) is 12.1. The Morgan fingerprint density at radius 1 is 1.19 bits per heavy atom. The molecule has 0 bridgehead atoms. The number of nitrogens with one attached hydrogen (secondary N) is 2. The number of aryl methyl sites for hydroxylation is 2. The largest absolute Gasteiger partial charge is 0.494 e. The highest BCUT2D eigenvalue weighted by atomic mass is 32.2. The normalized spacial score (nSPS) is 11.2. The Bertz CT molecular complexity index is 1200. The zero-order valence-corrected chi connectivity index (χ0v) is 19.9. The molecule has 32 heavy (non-hydrogen) atoms. The second-order valence-electron chi connectivity index (χ2n) is 6.96. The van der Waals surface area contributed by atoms with Crippen molar-refractivity contribution in [3.05, 3.63) is 65.0 Å². The first-order valence-electron chi connectivity index (χ1n) is 9.87. The summed E-state index contributed by atoms with van der Waals surface area (Å²) in [4.78, 5) is 13.8. The fraction of sp³-hybridized carbons (Fsp3) is 0.273. The summed E-state index contributed by atoms with van der Waals surface area (Å²) in [7, 11) is -2.02. The molecule has 0 spiro atoms. The number of methoxy groups -OCH3 is 1. The van der Waals surface area contributed by atoms with Gasteiger partial charge in [-0.1, -0.05) is 17.3 Å². The molecule has 170 valence electrons. The highest BCUT2D eigenvalue weighted by Gasteiger charge is 2.16. The Morgan fingerprint density at radius 2 is 1.94 bits per heavy atom. The smallest absolute Gasteiger partial charge is 0.256 e. The molecule has 0 aliphatic carbocycles. The van der Waals surface area contributed by atoms with Gasteiger partial charge in [0.15, 0.2) is 0 Å². The molecular weight excluding hydrogens is 450 g/mol. The first-order chi connectivity index (χ1) is 15.2. The topological polar surface area (TPSA) is 111 Å². The van der Waals surface area contributed by atoms with Crippen LogP contribution in [0.15, 0.2) is 51.9 Å². The van der Waals surface area contributed by atoms with Gasteiger partial charge in [-0.05, 0) is 45.0 Å². The van der Waals surface area contributed by atoms with Crippen molar-refractivity contribution >= 4 is 39.1 Å². The fourth-order valence-corrected chi connectivity index (χ4v) is 4.78. The lowest BCUT2D eigenvalue weighted by Crippen LogP contribution is -2.16. The lowest BCUT2D eigenvalue weighted by Gasteiger charge is -2.14. The van der Waals surface area contributed by atoms with Crippen molar-refractivity contribution in [1.29, 1.82) is 0 Å². The summed E-state index contributed by atoms with van der Waals surface area (Å²) in [5, 5.41) is 6.82. The first-order valence-corrected chi connectivity index (χ1v) is 12.5. The quantitative estimate of drug-likeness (QED) is 0.435. The van der Waals surface area contributed by atoms with E-state index in [0.29, 0.717) is 28.4 Å². The number of thioether (sulfide) groups is 1. The number of sulfonamides is 1. The second-order valence-corrected chi connectivity index (χ2v) is 9.99. The maximum atomic E-state index is 13.0. The number of ether oxygens (including phenoxy) is 1. The predicted octanol–water partition coefficient (Wildman–Crippen LogP) is 4.61. The molecule has 1 amide bonds. The Morgan fingerprint density at radius 3 is 2.59 bits per heavy atom. The molecule has 0 atom stereocenters. The van der Waals surface area contributed by atoms with Gasteiger partial charge in [-0.2, -0.15) is 0 Å². The average molecular weight is 476 g/mol. The van der Waals surface area contributed by atoms with E-state index in [0.717, 1.165) is 21.9 Å². The third-order valence-electron chi connectivity index (χ3n) is 4.79. The summed E-state index contributed by atoms with van der Waals surface area (Å²) >= 11 is 1.53. The molecule has 0 fully saturated rings. The summed E-state index contributed by atoms with van der Waals surface area (Å²) in [5.41, 5.74) is 3.17. The molecule has 0 saturated heterocycles. The lowest BCUT2D eigenvalue weighted by molar-refractivity contribution is 0.102. The molecular formula is C22H25N3O5S2. The third-order valence-corrected chi connectivity index (χ3v) is 7.18. The van der Waals surface area contributed by atoms with Crippen molar-refractivity contribution < 1.29 is 22.5 Å². The third kappa shape index (κ3) is 5.63. The first kappa shape index (κ1) is 23.7. The number of nitrogens with zero attached hydrogens (tertiary/aromatic N) is 1. The lowest BCUT2D eigenvalue weighted by atomic mass is 10.2. The van der Waals surface area contributed by atoms with Crippen LogP contribution in [-0.2, 0) is 15.8 Å². The van der Waals surface area contributed by atoms with Crippen molar-refractivity contribution in [3.8, 4) is 5.75 Å². The molecule has 3 rings (SSSR count). The van der Waals surface area contributed by atoms with Crippen LogP contribution < -0.4 is 14.8 Å². The van der Waals surface area contributed by atoms with Crippen molar-refractivity contribution in [3.63, 3.8) is 0 Å². The minimum Gasteiger partial charge on any atom is -0.494 e. The van der Waals surface area contributed by atoms with E-state index in [1.54, 1.807) is 37.3 Å². The van der Waals surface area contributed by atoms with Crippen molar-refractivity contribution in [2.24, 2.45) is 0 Å². The van der Waals surface area contributed by atoms with Crippen molar-refractivity contribution in [2.75, 3.05) is 22.9 Å². The van der Waals surface area contributed by atoms with Crippen LogP contribution in [0.4, 0.5) is 11.4 Å². The molecule has 0 saturated carbocycles. The monoisotopic (exact) mass is 475 g/mol. The molecule has 2 N–H and O–H groups in total. The second kappa shape index (κ2) is 10.1. The standard InChI is InChI=1S/C22H25N3O5S2/c1-5-32(27,28)25-19-11-10-16(12-20(19)29-4)23-22(26)17-8-6-7-9-21(17)31-13-18-14(2)24-30-15(18)3/h6-12,25H,5,13H2,1-4H3,(H,23,26). The van der Waals surface area contributed by atoms with Crippen molar-refractivity contribution in [1.82, 2.24) is 5.16 Å². The highest BCUT2D eigenvalue weighted by molar-refractivity contribution is 7.98. The van der Waals surface area contributed by atoms with Crippen LogP contribution in [0.5, 0.6) is 5.75 Å². The maximum absolute atomic E-state index is 13.0. The molecule has 10 heteroatoms. The Labute approximate surface area is 191 Å². The van der Waals surface area contributed by atoms with Crippen LogP contribution in [0.3, 0.4) is 0 Å². The SMILES string of the molecule is CCS(=O)(=O)Nc1ccc(NC(=O)c2ccccc2SCc2c(C)noc2C)cc1OC. The Balaban J connectivity index is 1.77. The fourth-order valence-electron chi connectivity index (χ4n) is 2.93. The van der Waals surface area contributed by atoms with Crippen LogP contribution >= 0.6 is 11.8 Å². The van der Waals surface area contributed by atoms with Gasteiger partial charge in [0.05, 0.1) is 29.8 Å². The number of rotatable bonds is 9. The molecule has 1 aromatic heterocycles. The summed E-state index contributed by atoms with van der Waals surface area (Å²) in [5.74, 6) is 1.36. The van der Waals surface area contributed by atoms with Gasteiger partial charge in [0.2, 0.25) is 10.0 Å². The van der Waals surface area contributed by atoms with E-state index in [-0.39, 0.29) is 11.7 Å². The van der Waals surface area contributed by atoms with E-state index in [9.17, 15) is 13.2 Å². The van der Waals surface area contributed by atoms with E-state index in [4.69, 9.17) is 9.26 Å². The molecule has 8 nitrogen and oxygen atoms in total. The van der Waals surface area contributed by atoms with Gasteiger partial charge in [0.1, 0.15) is 11.5 Å². The van der Waals surface area contributed by atoms with E-state index < -0.39 is 10.0 Å². The van der Waals surface area contributed by atoms with E-state index in [1.165, 1.54) is 18.9 Å². The minimum atomic E-state index is -3.45. The Kier molecular flexibility index (Phi) is 7.47. The number of amides is 1. The van der Waals surface area contributed by atoms with Crippen LogP contribution in [0, 0.1) is 13.8 Å². The molecule has 1 heterocycles. The predicted molar refractivity (Wildman–Crippen MR) is 126 cm³/mol. The van der Waals surface area contributed by atoms with Crippen LogP contribution in [0.25, 0.3) is 0 Å². The van der Waals surface area contributed by atoms with Crippen LogP contribution in [0.1, 0.15) is 34.3 Å². The molecule has 0 unspecified atom stereocenters. The van der Waals surface area contributed by atoms with Gasteiger partial charge in [0, 0.05) is 28.0 Å². The summed E-state index contributed by atoms with van der Waals surface area (Å²) in [6.07, 6.45) is 0. The minimum absolute atomic E-state index is 0.0585. The zero-order valence-electron chi connectivity index (χ0n) is 18.3. The van der Waals surface area contributed by atoms with Gasteiger partial charge in [0.25, 0.3) is 5.91 Å². The number of aromatic nitrogens is 1. The maximum Gasteiger partial charge on any atom is 0.256 e. The van der Waals surface area contributed by atoms with Crippen LogP contribution in [0.2, 0.25) is 0 Å². The van der Waals surface area contributed by atoms with Gasteiger partial charge in [-0.25, -0.2) is 8.42 Å².